The fourth-order valence-electron chi connectivity index (χ4n) is 2.61. The van der Waals surface area contributed by atoms with Crippen molar-refractivity contribution in [1.82, 2.24) is 5.32 Å². The van der Waals surface area contributed by atoms with Crippen LogP contribution in [0.15, 0.2) is 36.4 Å². The van der Waals surface area contributed by atoms with Crippen molar-refractivity contribution in [2.45, 2.75) is 20.3 Å². The number of hydrogen-bond acceptors (Lipinski definition) is 5. The van der Waals surface area contributed by atoms with Crippen LogP contribution in [0.5, 0.6) is 11.5 Å². The lowest BCUT2D eigenvalue weighted by Gasteiger charge is -2.11. The summed E-state index contributed by atoms with van der Waals surface area (Å²) in [5.41, 5.74) is 3.34. The first-order valence-electron chi connectivity index (χ1n) is 8.67. The van der Waals surface area contributed by atoms with Gasteiger partial charge in [0.2, 0.25) is 0 Å². The molecule has 0 bridgehead atoms. The van der Waals surface area contributed by atoms with Gasteiger partial charge in [-0.2, -0.15) is 0 Å². The van der Waals surface area contributed by atoms with Gasteiger partial charge in [0.25, 0.3) is 5.91 Å². The first kappa shape index (κ1) is 20.3. The number of nitrogens with one attached hydrogen (secondary N) is 1. The lowest BCUT2D eigenvalue weighted by Crippen LogP contribution is -2.30. The van der Waals surface area contributed by atoms with E-state index in [-0.39, 0.29) is 12.5 Å². The molecule has 0 radical (unpaired) electrons. The summed E-state index contributed by atoms with van der Waals surface area (Å²) in [6.45, 7) is 3.90. The van der Waals surface area contributed by atoms with Crippen molar-refractivity contribution >= 4 is 11.9 Å². The van der Waals surface area contributed by atoms with Crippen LogP contribution in [-0.2, 0) is 16.0 Å². The van der Waals surface area contributed by atoms with Crippen LogP contribution in [0.2, 0.25) is 0 Å². The van der Waals surface area contributed by atoms with Gasteiger partial charge in [-0.1, -0.05) is 18.2 Å². The van der Waals surface area contributed by atoms with Crippen molar-refractivity contribution in [2.24, 2.45) is 0 Å². The van der Waals surface area contributed by atoms with Crippen molar-refractivity contribution in [1.29, 1.82) is 0 Å². The molecule has 0 heterocycles. The second kappa shape index (κ2) is 9.62. The first-order valence-corrected chi connectivity index (χ1v) is 8.67. The topological polar surface area (TPSA) is 73.9 Å². The number of ether oxygens (including phenoxy) is 3. The maximum Gasteiger partial charge on any atom is 0.338 e. The SMILES string of the molecule is COc1ccc(CCNC(=O)COC(=O)c2cccc(C)c2C)cc1OC. The Kier molecular flexibility index (Phi) is 7.23. The molecule has 0 unspecified atom stereocenters. The van der Waals surface area contributed by atoms with E-state index in [1.165, 1.54) is 0 Å². The molecule has 144 valence electrons. The van der Waals surface area contributed by atoms with E-state index in [1.54, 1.807) is 26.4 Å². The minimum atomic E-state index is -0.494. The zero-order chi connectivity index (χ0) is 19.8. The van der Waals surface area contributed by atoms with Gasteiger partial charge in [-0.05, 0) is 55.2 Å². The lowest BCUT2D eigenvalue weighted by atomic mass is 10.0. The highest BCUT2D eigenvalue weighted by molar-refractivity contribution is 5.93. The maximum absolute atomic E-state index is 12.1. The zero-order valence-corrected chi connectivity index (χ0v) is 16.1. The number of aryl methyl sites for hydroxylation is 1. The second-order valence-corrected chi connectivity index (χ2v) is 6.11. The summed E-state index contributed by atoms with van der Waals surface area (Å²) >= 11 is 0. The fraction of sp³-hybridized carbons (Fsp3) is 0.333. The summed E-state index contributed by atoms with van der Waals surface area (Å²) in [6, 6.07) is 11.0. The second-order valence-electron chi connectivity index (χ2n) is 6.11. The molecule has 0 fully saturated rings. The molecule has 2 rings (SSSR count). The van der Waals surface area contributed by atoms with Crippen molar-refractivity contribution in [3.8, 4) is 11.5 Å². The Balaban J connectivity index is 1.79. The van der Waals surface area contributed by atoms with Gasteiger partial charge in [-0.15, -0.1) is 0 Å². The summed E-state index contributed by atoms with van der Waals surface area (Å²) in [5.74, 6) is 0.466. The Morgan fingerprint density at radius 1 is 1.00 bits per heavy atom. The van der Waals surface area contributed by atoms with Gasteiger partial charge in [0, 0.05) is 6.54 Å². The summed E-state index contributed by atoms with van der Waals surface area (Å²) < 4.78 is 15.6. The van der Waals surface area contributed by atoms with Gasteiger partial charge in [0.15, 0.2) is 18.1 Å². The van der Waals surface area contributed by atoms with Gasteiger partial charge >= 0.3 is 5.97 Å². The Morgan fingerprint density at radius 2 is 1.74 bits per heavy atom. The number of esters is 1. The van der Waals surface area contributed by atoms with E-state index in [0.717, 1.165) is 16.7 Å². The number of rotatable bonds is 8. The van der Waals surface area contributed by atoms with Gasteiger partial charge in [-0.3, -0.25) is 4.79 Å². The molecule has 0 aliphatic rings. The summed E-state index contributed by atoms with van der Waals surface area (Å²) in [4.78, 5) is 24.0. The predicted octanol–water partition coefficient (Wildman–Crippen LogP) is 2.84. The quantitative estimate of drug-likeness (QED) is 0.723. The predicted molar refractivity (Wildman–Crippen MR) is 102 cm³/mol. The van der Waals surface area contributed by atoms with Crippen LogP contribution in [0.3, 0.4) is 0 Å². The molecule has 1 N–H and O–H groups in total. The largest absolute Gasteiger partial charge is 0.493 e. The molecule has 0 saturated heterocycles. The average molecular weight is 371 g/mol. The number of amides is 1. The van der Waals surface area contributed by atoms with E-state index < -0.39 is 5.97 Å². The molecule has 2 aromatic rings. The third-order valence-corrected chi connectivity index (χ3v) is 4.34. The summed E-state index contributed by atoms with van der Waals surface area (Å²) in [5, 5.41) is 2.74. The van der Waals surface area contributed by atoms with Crippen LogP contribution in [0.25, 0.3) is 0 Å². The minimum Gasteiger partial charge on any atom is -0.493 e. The van der Waals surface area contributed by atoms with E-state index >= 15 is 0 Å². The van der Waals surface area contributed by atoms with E-state index in [9.17, 15) is 9.59 Å². The average Bonchev–Trinajstić information content (AvgIpc) is 2.68. The van der Waals surface area contributed by atoms with Crippen LogP contribution in [-0.4, -0.2) is 39.2 Å². The number of carbonyl (C=O) groups is 2. The molecule has 0 atom stereocenters. The Morgan fingerprint density at radius 3 is 2.44 bits per heavy atom. The van der Waals surface area contributed by atoms with E-state index in [0.29, 0.717) is 30.0 Å². The van der Waals surface area contributed by atoms with Crippen LogP contribution < -0.4 is 14.8 Å². The number of hydrogen-bond donors (Lipinski definition) is 1. The van der Waals surface area contributed by atoms with E-state index in [1.807, 2.05) is 38.1 Å². The van der Waals surface area contributed by atoms with E-state index in [4.69, 9.17) is 14.2 Å². The number of benzene rings is 2. The molecule has 6 nitrogen and oxygen atoms in total. The Labute approximate surface area is 159 Å². The third-order valence-electron chi connectivity index (χ3n) is 4.34. The Hall–Kier alpha value is -3.02. The summed E-state index contributed by atoms with van der Waals surface area (Å²) in [6.07, 6.45) is 0.622. The molecule has 27 heavy (non-hydrogen) atoms. The number of carbonyl (C=O) groups excluding carboxylic acids is 2. The molecular formula is C21H25NO5. The van der Waals surface area contributed by atoms with Gasteiger partial charge in [-0.25, -0.2) is 4.79 Å². The zero-order valence-electron chi connectivity index (χ0n) is 16.1. The highest BCUT2D eigenvalue weighted by atomic mass is 16.5. The monoisotopic (exact) mass is 371 g/mol. The third kappa shape index (κ3) is 5.48. The van der Waals surface area contributed by atoms with Gasteiger partial charge < -0.3 is 19.5 Å². The lowest BCUT2D eigenvalue weighted by molar-refractivity contribution is -0.124. The molecular weight excluding hydrogens is 346 g/mol. The summed E-state index contributed by atoms with van der Waals surface area (Å²) in [7, 11) is 3.16. The van der Waals surface area contributed by atoms with Crippen molar-refractivity contribution < 1.29 is 23.8 Å². The van der Waals surface area contributed by atoms with Crippen molar-refractivity contribution in [3.05, 3.63) is 58.7 Å². The van der Waals surface area contributed by atoms with Crippen molar-refractivity contribution in [3.63, 3.8) is 0 Å². The molecule has 1 amide bonds. The van der Waals surface area contributed by atoms with Gasteiger partial charge in [0.05, 0.1) is 19.8 Å². The normalized spacial score (nSPS) is 10.2. The minimum absolute atomic E-state index is 0.307. The molecule has 6 heteroatoms. The molecule has 0 aliphatic carbocycles. The standard InChI is InChI=1S/C21H25NO5/c1-14-6-5-7-17(15(14)2)21(24)27-13-20(23)22-11-10-16-8-9-18(25-3)19(12-16)26-4/h5-9,12H,10-11,13H2,1-4H3,(H,22,23). The van der Waals surface area contributed by atoms with Gasteiger partial charge in [0.1, 0.15) is 0 Å². The molecule has 2 aromatic carbocycles. The molecule has 0 spiro atoms. The fourth-order valence-corrected chi connectivity index (χ4v) is 2.61. The van der Waals surface area contributed by atoms with E-state index in [2.05, 4.69) is 5.32 Å². The molecule has 0 saturated carbocycles. The molecule has 0 aliphatic heterocycles. The smallest absolute Gasteiger partial charge is 0.338 e. The van der Waals surface area contributed by atoms with Crippen LogP contribution in [0.1, 0.15) is 27.0 Å². The highest BCUT2D eigenvalue weighted by Gasteiger charge is 2.13. The number of methoxy groups -OCH3 is 2. The highest BCUT2D eigenvalue weighted by Crippen LogP contribution is 2.27. The maximum atomic E-state index is 12.1. The first-order chi connectivity index (χ1) is 13.0. The van der Waals surface area contributed by atoms with Crippen LogP contribution in [0, 0.1) is 13.8 Å². The van der Waals surface area contributed by atoms with Crippen LogP contribution >= 0.6 is 0 Å². The van der Waals surface area contributed by atoms with Crippen molar-refractivity contribution in [2.75, 3.05) is 27.4 Å². The molecule has 0 aromatic heterocycles. The van der Waals surface area contributed by atoms with Crippen LogP contribution in [0.4, 0.5) is 0 Å². The Bertz CT molecular complexity index is 816.